The van der Waals surface area contributed by atoms with Crippen molar-refractivity contribution in [3.8, 4) is 0 Å². The Labute approximate surface area is 108 Å². The lowest BCUT2D eigenvalue weighted by Crippen LogP contribution is -2.59. The molecule has 1 amide bonds. The molecule has 0 radical (unpaired) electrons. The number of nitrogens with one attached hydrogen (secondary N) is 1. The summed E-state index contributed by atoms with van der Waals surface area (Å²) in [6, 6.07) is -0.0758. The molecule has 0 bridgehead atoms. The highest BCUT2D eigenvalue weighted by atomic mass is 16.5. The lowest BCUT2D eigenvalue weighted by molar-refractivity contribution is -0.134. The van der Waals surface area contributed by atoms with E-state index in [0.717, 1.165) is 19.3 Å². The van der Waals surface area contributed by atoms with Crippen molar-refractivity contribution in [2.45, 2.75) is 50.6 Å². The largest absolute Gasteiger partial charge is 0.394 e. The summed E-state index contributed by atoms with van der Waals surface area (Å²) < 4.78 is 5.29. The lowest BCUT2D eigenvalue weighted by atomic mass is 9.82. The van der Waals surface area contributed by atoms with E-state index in [1.54, 1.807) is 0 Å². The Bertz CT molecular complexity index is 315. The van der Waals surface area contributed by atoms with Gasteiger partial charge in [-0.3, -0.25) is 4.79 Å². The Morgan fingerprint density at radius 3 is 2.61 bits per heavy atom. The minimum Gasteiger partial charge on any atom is -0.394 e. The highest BCUT2D eigenvalue weighted by molar-refractivity contribution is 5.84. The predicted octanol–water partition coefficient (Wildman–Crippen LogP) is 0.162. The molecular formula is C13H24N2O3. The van der Waals surface area contributed by atoms with E-state index in [9.17, 15) is 9.90 Å². The third kappa shape index (κ3) is 2.39. The first-order valence-corrected chi connectivity index (χ1v) is 6.79. The normalized spacial score (nSPS) is 35.4. The van der Waals surface area contributed by atoms with Crippen LogP contribution in [0.4, 0.5) is 0 Å². The molecule has 104 valence electrons. The van der Waals surface area contributed by atoms with Gasteiger partial charge in [0.1, 0.15) is 0 Å². The van der Waals surface area contributed by atoms with Crippen molar-refractivity contribution in [3.05, 3.63) is 0 Å². The second-order valence-corrected chi connectivity index (χ2v) is 5.92. The summed E-state index contributed by atoms with van der Waals surface area (Å²) in [5, 5.41) is 12.6. The molecule has 1 aliphatic heterocycles. The zero-order chi connectivity index (χ0) is 13.2. The van der Waals surface area contributed by atoms with Crippen LogP contribution in [-0.4, -0.2) is 42.4 Å². The highest BCUT2D eigenvalue weighted by Gasteiger charge is 2.46. The molecule has 0 aromatic heterocycles. The van der Waals surface area contributed by atoms with Crippen LogP contribution in [0.5, 0.6) is 0 Å². The van der Waals surface area contributed by atoms with Gasteiger partial charge in [-0.25, -0.2) is 0 Å². The highest BCUT2D eigenvalue weighted by Crippen LogP contribution is 2.37. The molecule has 1 saturated heterocycles. The summed E-state index contributed by atoms with van der Waals surface area (Å²) in [5.74, 6) is -0.0107. The summed E-state index contributed by atoms with van der Waals surface area (Å²) in [7, 11) is 0. The van der Waals surface area contributed by atoms with Crippen LogP contribution in [0.15, 0.2) is 0 Å². The van der Waals surface area contributed by atoms with Crippen molar-refractivity contribution in [1.82, 2.24) is 5.32 Å². The van der Waals surface area contributed by atoms with Crippen LogP contribution in [-0.2, 0) is 9.53 Å². The van der Waals surface area contributed by atoms with Gasteiger partial charge in [-0.2, -0.15) is 0 Å². The summed E-state index contributed by atoms with van der Waals surface area (Å²) in [6.07, 6.45) is 4.07. The summed E-state index contributed by atoms with van der Waals surface area (Å²) in [6.45, 7) is 3.07. The molecule has 1 aliphatic carbocycles. The fourth-order valence-corrected chi connectivity index (χ4v) is 2.94. The first-order chi connectivity index (χ1) is 8.52. The van der Waals surface area contributed by atoms with Gasteiger partial charge in [-0.15, -0.1) is 0 Å². The van der Waals surface area contributed by atoms with Crippen molar-refractivity contribution < 1.29 is 14.6 Å². The Balaban J connectivity index is 2.05. The van der Waals surface area contributed by atoms with Gasteiger partial charge in [0.05, 0.1) is 17.6 Å². The lowest BCUT2D eigenvalue weighted by Gasteiger charge is -2.39. The zero-order valence-corrected chi connectivity index (χ0v) is 11.1. The smallest absolute Gasteiger partial charge is 0.228 e. The number of hydrogen-bond acceptors (Lipinski definition) is 4. The molecule has 2 atom stereocenters. The van der Waals surface area contributed by atoms with Crippen molar-refractivity contribution in [1.29, 1.82) is 0 Å². The predicted molar refractivity (Wildman–Crippen MR) is 67.9 cm³/mol. The number of hydrogen-bond donors (Lipinski definition) is 3. The third-order valence-corrected chi connectivity index (χ3v) is 4.68. The maximum atomic E-state index is 12.5. The second-order valence-electron chi connectivity index (χ2n) is 5.92. The first-order valence-electron chi connectivity index (χ1n) is 6.79. The van der Waals surface area contributed by atoms with E-state index in [2.05, 4.69) is 5.32 Å². The van der Waals surface area contributed by atoms with Crippen LogP contribution in [0, 0.1) is 5.41 Å². The van der Waals surface area contributed by atoms with Crippen LogP contribution in [0.1, 0.15) is 39.0 Å². The van der Waals surface area contributed by atoms with E-state index >= 15 is 0 Å². The number of carbonyl (C=O) groups excluding carboxylic acids is 1. The fourth-order valence-electron chi connectivity index (χ4n) is 2.94. The van der Waals surface area contributed by atoms with Gasteiger partial charge < -0.3 is 20.9 Å². The van der Waals surface area contributed by atoms with Crippen LogP contribution in [0.3, 0.4) is 0 Å². The topological polar surface area (TPSA) is 84.6 Å². The standard InChI is InChI=1S/C13H24N2O3/c1-12(4-2-3-10(12)14)11(17)15-13(9-16)5-7-18-8-6-13/h10,16H,2-9,14H2,1H3,(H,15,17). The van der Waals surface area contributed by atoms with E-state index in [1.807, 2.05) is 6.92 Å². The molecular weight excluding hydrogens is 232 g/mol. The average Bonchev–Trinajstić information content (AvgIpc) is 2.72. The fraction of sp³-hybridized carbons (Fsp3) is 0.923. The van der Waals surface area contributed by atoms with Crippen molar-refractivity contribution in [3.63, 3.8) is 0 Å². The molecule has 1 heterocycles. The van der Waals surface area contributed by atoms with Crippen LogP contribution in [0.25, 0.3) is 0 Å². The van der Waals surface area contributed by atoms with E-state index in [4.69, 9.17) is 10.5 Å². The first kappa shape index (κ1) is 13.8. The van der Waals surface area contributed by atoms with Crippen LogP contribution in [0.2, 0.25) is 0 Å². The summed E-state index contributed by atoms with van der Waals surface area (Å²) >= 11 is 0. The van der Waals surface area contributed by atoms with Crippen LogP contribution >= 0.6 is 0 Å². The monoisotopic (exact) mass is 256 g/mol. The van der Waals surface area contributed by atoms with Gasteiger partial charge in [-0.05, 0) is 32.6 Å². The van der Waals surface area contributed by atoms with Crippen molar-refractivity contribution in [2.75, 3.05) is 19.8 Å². The quantitative estimate of drug-likeness (QED) is 0.671. The molecule has 2 fully saturated rings. The van der Waals surface area contributed by atoms with Crippen molar-refractivity contribution in [2.24, 2.45) is 11.1 Å². The SMILES string of the molecule is CC1(C(=O)NC2(CO)CCOCC2)CCCC1N. The van der Waals surface area contributed by atoms with Gasteiger partial charge >= 0.3 is 0 Å². The molecule has 1 saturated carbocycles. The van der Waals surface area contributed by atoms with E-state index < -0.39 is 11.0 Å². The number of amides is 1. The molecule has 0 aromatic rings. The molecule has 18 heavy (non-hydrogen) atoms. The number of aliphatic hydroxyl groups excluding tert-OH is 1. The summed E-state index contributed by atoms with van der Waals surface area (Å²) in [4.78, 5) is 12.5. The maximum absolute atomic E-state index is 12.5. The molecule has 0 aromatic carbocycles. The molecule has 2 rings (SSSR count). The van der Waals surface area contributed by atoms with E-state index in [-0.39, 0.29) is 18.6 Å². The number of ether oxygens (including phenoxy) is 1. The number of nitrogens with two attached hydrogens (primary N) is 1. The van der Waals surface area contributed by atoms with Crippen molar-refractivity contribution >= 4 is 5.91 Å². The molecule has 0 spiro atoms. The third-order valence-electron chi connectivity index (χ3n) is 4.68. The van der Waals surface area contributed by atoms with Gasteiger partial charge in [0.25, 0.3) is 0 Å². The number of aliphatic hydroxyl groups is 1. The molecule has 5 nitrogen and oxygen atoms in total. The summed E-state index contributed by atoms with van der Waals surface area (Å²) in [5.41, 5.74) is 5.06. The van der Waals surface area contributed by atoms with E-state index in [1.165, 1.54) is 0 Å². The molecule has 2 unspecified atom stereocenters. The Kier molecular flexibility index (Phi) is 3.94. The van der Waals surface area contributed by atoms with Gasteiger partial charge in [-0.1, -0.05) is 6.42 Å². The minimum absolute atomic E-state index is 0.0107. The zero-order valence-electron chi connectivity index (χ0n) is 11.1. The molecule has 5 heteroatoms. The average molecular weight is 256 g/mol. The Hall–Kier alpha value is -0.650. The molecule has 4 N–H and O–H groups in total. The maximum Gasteiger partial charge on any atom is 0.228 e. The minimum atomic E-state index is -0.513. The van der Waals surface area contributed by atoms with Crippen LogP contribution < -0.4 is 11.1 Å². The number of rotatable bonds is 3. The van der Waals surface area contributed by atoms with Gasteiger partial charge in [0, 0.05) is 19.3 Å². The Morgan fingerprint density at radius 2 is 2.11 bits per heavy atom. The number of carbonyl (C=O) groups is 1. The second kappa shape index (κ2) is 5.15. The van der Waals surface area contributed by atoms with Gasteiger partial charge in [0.2, 0.25) is 5.91 Å². The van der Waals surface area contributed by atoms with E-state index in [0.29, 0.717) is 26.1 Å². The Morgan fingerprint density at radius 1 is 1.44 bits per heavy atom. The van der Waals surface area contributed by atoms with Gasteiger partial charge in [0.15, 0.2) is 0 Å². The molecule has 2 aliphatic rings.